The number of aliphatic carboxylic acids is 1. The summed E-state index contributed by atoms with van der Waals surface area (Å²) in [6, 6.07) is 16.8. The molecule has 1 aliphatic carbocycles. The summed E-state index contributed by atoms with van der Waals surface area (Å²) < 4.78 is 0. The number of carbonyl (C=O) groups is 2. The minimum Gasteiger partial charge on any atom is -0.508 e. The van der Waals surface area contributed by atoms with Gasteiger partial charge in [-0.3, -0.25) is 4.79 Å². The number of nitrogens with one attached hydrogen (secondary N) is 1. The first-order valence-electron chi connectivity index (χ1n) is 13.8. The molecular formula is C31H42N2O4. The molecular weight excluding hydrogens is 464 g/mol. The normalized spacial score (nSPS) is 24.8. The molecule has 6 nitrogen and oxygen atoms in total. The molecule has 2 aromatic rings. The molecule has 1 saturated carbocycles. The molecule has 0 radical (unpaired) electrons. The SMILES string of the molecule is C[C@H]1CN(C[C@H](Cc2ccccc2)C(=O)N[C@H](C(=O)O)C2CCCCC2)CC[C@@]1(C)c1cccc(O)c1. The first-order valence-corrected chi connectivity index (χ1v) is 13.8. The van der Waals surface area contributed by atoms with Crippen molar-refractivity contribution in [3.8, 4) is 5.75 Å². The third kappa shape index (κ3) is 6.72. The van der Waals surface area contributed by atoms with E-state index in [2.05, 4.69) is 30.1 Å². The summed E-state index contributed by atoms with van der Waals surface area (Å²) >= 11 is 0. The monoisotopic (exact) mass is 506 g/mol. The highest BCUT2D eigenvalue weighted by atomic mass is 16.4. The van der Waals surface area contributed by atoms with Crippen LogP contribution in [0.15, 0.2) is 54.6 Å². The molecule has 3 N–H and O–H groups in total. The zero-order valence-corrected chi connectivity index (χ0v) is 22.2. The highest BCUT2D eigenvalue weighted by Crippen LogP contribution is 2.40. The largest absolute Gasteiger partial charge is 0.508 e. The molecule has 37 heavy (non-hydrogen) atoms. The Bertz CT molecular complexity index is 1050. The van der Waals surface area contributed by atoms with E-state index in [4.69, 9.17) is 0 Å². The first-order chi connectivity index (χ1) is 17.8. The lowest BCUT2D eigenvalue weighted by Gasteiger charge is -2.46. The van der Waals surface area contributed by atoms with Crippen molar-refractivity contribution < 1.29 is 19.8 Å². The molecule has 4 atom stereocenters. The molecule has 200 valence electrons. The minimum absolute atomic E-state index is 0.00517. The average Bonchev–Trinajstić information content (AvgIpc) is 2.90. The maximum Gasteiger partial charge on any atom is 0.326 e. The van der Waals surface area contributed by atoms with E-state index in [0.717, 1.165) is 62.7 Å². The number of rotatable bonds is 9. The Morgan fingerprint density at radius 3 is 2.46 bits per heavy atom. The van der Waals surface area contributed by atoms with Gasteiger partial charge < -0.3 is 20.4 Å². The van der Waals surface area contributed by atoms with Crippen molar-refractivity contribution in [1.29, 1.82) is 0 Å². The summed E-state index contributed by atoms with van der Waals surface area (Å²) in [6.45, 7) is 6.79. The number of benzene rings is 2. The van der Waals surface area contributed by atoms with Crippen molar-refractivity contribution in [1.82, 2.24) is 10.2 Å². The third-order valence-corrected chi connectivity index (χ3v) is 8.93. The summed E-state index contributed by atoms with van der Waals surface area (Å²) in [5, 5.41) is 22.9. The van der Waals surface area contributed by atoms with Crippen LogP contribution in [-0.2, 0) is 21.4 Å². The van der Waals surface area contributed by atoms with E-state index >= 15 is 0 Å². The number of nitrogens with zero attached hydrogens (tertiary/aromatic N) is 1. The summed E-state index contributed by atoms with van der Waals surface area (Å²) in [7, 11) is 0. The lowest BCUT2D eigenvalue weighted by Crippen LogP contribution is -2.53. The fourth-order valence-corrected chi connectivity index (χ4v) is 6.34. The van der Waals surface area contributed by atoms with Crippen LogP contribution in [0.4, 0.5) is 0 Å². The van der Waals surface area contributed by atoms with Gasteiger partial charge >= 0.3 is 5.97 Å². The van der Waals surface area contributed by atoms with Gasteiger partial charge in [0.05, 0.1) is 5.92 Å². The minimum atomic E-state index is -0.924. The molecule has 1 heterocycles. The van der Waals surface area contributed by atoms with Gasteiger partial charge in [0.2, 0.25) is 5.91 Å². The van der Waals surface area contributed by atoms with Crippen molar-refractivity contribution in [2.24, 2.45) is 17.8 Å². The molecule has 2 aliphatic rings. The Hall–Kier alpha value is -2.86. The molecule has 1 amide bonds. The van der Waals surface area contributed by atoms with Crippen LogP contribution in [0.25, 0.3) is 0 Å². The Labute approximate surface area is 221 Å². The molecule has 0 bridgehead atoms. The highest BCUT2D eigenvalue weighted by Gasteiger charge is 2.39. The molecule has 6 heteroatoms. The first kappa shape index (κ1) is 27.2. The Balaban J connectivity index is 1.47. The average molecular weight is 507 g/mol. The number of carboxylic acid groups (broad SMARTS) is 1. The number of carbonyl (C=O) groups excluding carboxylic acids is 1. The van der Waals surface area contributed by atoms with E-state index in [-0.39, 0.29) is 23.2 Å². The van der Waals surface area contributed by atoms with Gasteiger partial charge in [-0.25, -0.2) is 4.79 Å². The van der Waals surface area contributed by atoms with E-state index in [1.54, 1.807) is 6.07 Å². The van der Waals surface area contributed by atoms with Crippen LogP contribution in [0.3, 0.4) is 0 Å². The predicted molar refractivity (Wildman–Crippen MR) is 145 cm³/mol. The summed E-state index contributed by atoms with van der Waals surface area (Å²) in [5.74, 6) is -0.782. The van der Waals surface area contributed by atoms with Crippen molar-refractivity contribution in [3.63, 3.8) is 0 Å². The van der Waals surface area contributed by atoms with Crippen molar-refractivity contribution in [2.45, 2.75) is 70.3 Å². The van der Waals surface area contributed by atoms with Gasteiger partial charge in [-0.05, 0) is 72.7 Å². The van der Waals surface area contributed by atoms with Gasteiger partial charge in [-0.1, -0.05) is 75.6 Å². The number of aromatic hydroxyl groups is 1. The standard InChI is InChI=1S/C31H42N2O4/c1-22-20-33(17-16-31(22,2)26-14-9-15-27(34)19-26)21-25(18-23-10-5-3-6-11-23)29(35)32-28(30(36)37)24-12-7-4-8-13-24/h3,5-6,9-11,14-15,19,22,24-25,28,34H,4,7-8,12-13,16-18,20-21H2,1-2H3,(H,32,35)(H,36,37)/t22-,25-,28-,31+/m0/s1. The molecule has 1 aliphatic heterocycles. The topological polar surface area (TPSA) is 89.9 Å². The van der Waals surface area contributed by atoms with Gasteiger partial charge in [0.25, 0.3) is 0 Å². The van der Waals surface area contributed by atoms with Gasteiger partial charge in [0, 0.05) is 13.1 Å². The zero-order valence-electron chi connectivity index (χ0n) is 22.2. The van der Waals surface area contributed by atoms with Crippen molar-refractivity contribution >= 4 is 11.9 Å². The zero-order chi connectivity index (χ0) is 26.4. The molecule has 2 aromatic carbocycles. The lowest BCUT2D eigenvalue weighted by atomic mass is 9.68. The van der Waals surface area contributed by atoms with E-state index < -0.39 is 12.0 Å². The Morgan fingerprint density at radius 2 is 1.81 bits per heavy atom. The van der Waals surface area contributed by atoms with Gasteiger partial charge in [-0.2, -0.15) is 0 Å². The number of hydrogen-bond donors (Lipinski definition) is 3. The number of phenolic OH excluding ortho intramolecular Hbond substituents is 1. The second-order valence-electron chi connectivity index (χ2n) is 11.5. The van der Waals surface area contributed by atoms with E-state index in [9.17, 15) is 19.8 Å². The molecule has 2 fully saturated rings. The van der Waals surface area contributed by atoms with Crippen LogP contribution >= 0.6 is 0 Å². The van der Waals surface area contributed by atoms with Gasteiger partial charge in [0.1, 0.15) is 11.8 Å². The smallest absolute Gasteiger partial charge is 0.326 e. The van der Waals surface area contributed by atoms with Crippen LogP contribution in [-0.4, -0.2) is 52.7 Å². The van der Waals surface area contributed by atoms with Crippen LogP contribution in [0.5, 0.6) is 5.75 Å². The number of piperidine rings is 1. The van der Waals surface area contributed by atoms with Gasteiger partial charge in [-0.15, -0.1) is 0 Å². The number of carboxylic acids is 1. The van der Waals surface area contributed by atoms with Crippen LogP contribution in [0.1, 0.15) is 63.5 Å². The van der Waals surface area contributed by atoms with Crippen LogP contribution in [0, 0.1) is 17.8 Å². The maximum absolute atomic E-state index is 13.6. The second-order valence-corrected chi connectivity index (χ2v) is 11.5. The quantitative estimate of drug-likeness (QED) is 0.445. The maximum atomic E-state index is 13.6. The summed E-state index contributed by atoms with van der Waals surface area (Å²) in [5.41, 5.74) is 2.18. The van der Waals surface area contributed by atoms with E-state index in [0.29, 0.717) is 24.6 Å². The van der Waals surface area contributed by atoms with E-state index in [1.165, 1.54) is 0 Å². The fraction of sp³-hybridized carbons (Fsp3) is 0.548. The second kappa shape index (κ2) is 12.1. The Morgan fingerprint density at radius 1 is 1.08 bits per heavy atom. The number of hydrogen-bond acceptors (Lipinski definition) is 4. The summed E-state index contributed by atoms with van der Waals surface area (Å²) in [4.78, 5) is 28.1. The molecule has 0 aromatic heterocycles. The molecule has 1 saturated heterocycles. The molecule has 4 rings (SSSR count). The number of likely N-dealkylation sites (tertiary alicyclic amines) is 1. The number of amides is 1. The van der Waals surface area contributed by atoms with Crippen molar-refractivity contribution in [2.75, 3.05) is 19.6 Å². The van der Waals surface area contributed by atoms with Crippen molar-refractivity contribution in [3.05, 3.63) is 65.7 Å². The fourth-order valence-electron chi connectivity index (χ4n) is 6.34. The van der Waals surface area contributed by atoms with Crippen LogP contribution in [0.2, 0.25) is 0 Å². The third-order valence-electron chi connectivity index (χ3n) is 8.93. The Kier molecular flexibility index (Phi) is 8.91. The summed E-state index contributed by atoms with van der Waals surface area (Å²) in [6.07, 6.45) is 6.43. The molecule has 0 spiro atoms. The van der Waals surface area contributed by atoms with E-state index in [1.807, 2.05) is 42.5 Å². The van der Waals surface area contributed by atoms with Gasteiger partial charge in [0.15, 0.2) is 0 Å². The molecule has 0 unspecified atom stereocenters. The number of phenols is 1. The lowest BCUT2D eigenvalue weighted by molar-refractivity contribution is -0.144. The van der Waals surface area contributed by atoms with Crippen LogP contribution < -0.4 is 5.32 Å². The predicted octanol–water partition coefficient (Wildman–Crippen LogP) is 5.00. The highest BCUT2D eigenvalue weighted by molar-refractivity contribution is 5.85.